The van der Waals surface area contributed by atoms with Gasteiger partial charge < -0.3 is 35.2 Å². The van der Waals surface area contributed by atoms with Gasteiger partial charge in [0.2, 0.25) is 0 Å². The van der Waals surface area contributed by atoms with Gasteiger partial charge in [0.25, 0.3) is 0 Å². The molecule has 2 aromatic heterocycles. The van der Waals surface area contributed by atoms with Gasteiger partial charge in [-0.25, -0.2) is 0 Å². The van der Waals surface area contributed by atoms with E-state index in [0.29, 0.717) is 28.3 Å². The molecule has 9 nitrogen and oxygen atoms in total. The fourth-order valence-electron chi connectivity index (χ4n) is 8.26. The van der Waals surface area contributed by atoms with E-state index in [0.717, 1.165) is 64.4 Å². The van der Waals surface area contributed by atoms with Crippen molar-refractivity contribution in [2.45, 2.75) is 99.6 Å². The average molecular weight is 703 g/mol. The Hall–Kier alpha value is -3.47. The van der Waals surface area contributed by atoms with Crippen molar-refractivity contribution in [3.63, 3.8) is 0 Å². The van der Waals surface area contributed by atoms with Crippen LogP contribution in [0.3, 0.4) is 0 Å². The second kappa shape index (κ2) is 15.6. The largest absolute Gasteiger partial charge is 2.00 e. The average Bonchev–Trinajstić information content (AvgIpc) is 3.84. The molecule has 1 N–H and O–H groups in total. The van der Waals surface area contributed by atoms with Gasteiger partial charge in [-0.05, 0) is 82.8 Å². The number of ether oxygens (including phenoxy) is 2. The summed E-state index contributed by atoms with van der Waals surface area (Å²) in [5.74, 6) is -1.85. The molecule has 4 aliphatic rings. The van der Waals surface area contributed by atoms with Gasteiger partial charge in [0.1, 0.15) is 12.5 Å². The molecule has 2 aromatic rings. The number of aliphatic hydroxyl groups is 1. The first-order valence-corrected chi connectivity index (χ1v) is 18.1. The van der Waals surface area contributed by atoms with E-state index in [1.807, 2.05) is 26.0 Å². The standard InChI is InChI=1S/C41H50N4O5.Mg/c1-10-20(4)15-16-50-34(46)14-13-27-23(7)30-17-28-21(5)25(11-2)32(42-28)18-29-22(6)26(12-3)33(43-29)19-31-24(8)35-39(45-31)36(38(27)44-30)37(40(35)47)41(48)49-9;/h15,17-19,23,25,27,37-38,40,47H,10-14,16H2,1-9H3;/q-4;+2/b20-15+,30-17-,31-19-,32-18-;/t23-,25+,27-,37+,38?,40-;/m0./s1. The molecule has 6 rings (SSSR count). The first-order valence-electron chi connectivity index (χ1n) is 18.1. The third-order valence-corrected chi connectivity index (χ3v) is 11.5. The minimum atomic E-state index is -1.14. The number of rotatable bonds is 9. The Morgan fingerprint density at radius 2 is 1.75 bits per heavy atom. The molecule has 0 aromatic carbocycles. The summed E-state index contributed by atoms with van der Waals surface area (Å²) >= 11 is 0. The minimum absolute atomic E-state index is 0. The molecule has 0 radical (unpaired) electrons. The van der Waals surface area contributed by atoms with Gasteiger partial charge in [-0.1, -0.05) is 85.4 Å². The Bertz CT molecular complexity index is 1960. The number of aliphatic hydroxyl groups excluding tert-OH is 1. The molecule has 51 heavy (non-hydrogen) atoms. The number of carbonyl (C=O) groups is 2. The van der Waals surface area contributed by atoms with Crippen molar-refractivity contribution in [2.75, 3.05) is 13.7 Å². The summed E-state index contributed by atoms with van der Waals surface area (Å²) in [5, 5.41) is 23.7. The molecule has 6 atom stereocenters. The van der Waals surface area contributed by atoms with Gasteiger partial charge in [-0.3, -0.25) is 9.59 Å². The Labute approximate surface area is 318 Å². The summed E-state index contributed by atoms with van der Waals surface area (Å²) in [5.41, 5.74) is 11.2. The fourth-order valence-corrected chi connectivity index (χ4v) is 8.26. The predicted molar refractivity (Wildman–Crippen MR) is 201 cm³/mol. The zero-order chi connectivity index (χ0) is 36.0. The number of fused-ring (bicyclic) bond motifs is 8. The van der Waals surface area contributed by atoms with Gasteiger partial charge in [0.15, 0.2) is 0 Å². The van der Waals surface area contributed by atoms with E-state index in [1.165, 1.54) is 18.3 Å². The first-order chi connectivity index (χ1) is 23.9. The van der Waals surface area contributed by atoms with E-state index < -0.39 is 24.0 Å². The van der Waals surface area contributed by atoms with E-state index in [4.69, 9.17) is 30.1 Å². The molecule has 1 saturated heterocycles. The van der Waals surface area contributed by atoms with Crippen LogP contribution in [0, 0.1) is 37.5 Å². The summed E-state index contributed by atoms with van der Waals surface area (Å²) < 4.78 is 10.9. The predicted octanol–water partition coefficient (Wildman–Crippen LogP) is 5.83. The van der Waals surface area contributed by atoms with Crippen LogP contribution >= 0.6 is 0 Å². The molecular weight excluding hydrogens is 653 g/mol. The Morgan fingerprint density at radius 1 is 1.00 bits per heavy atom. The molecule has 0 saturated carbocycles. The monoisotopic (exact) mass is 702 g/mol. The molecule has 1 unspecified atom stereocenters. The van der Waals surface area contributed by atoms with Crippen LogP contribution in [0.15, 0.2) is 40.4 Å². The van der Waals surface area contributed by atoms with Crippen molar-refractivity contribution in [1.29, 1.82) is 0 Å². The zero-order valence-electron chi connectivity index (χ0n) is 31.6. The normalized spacial score (nSPS) is 27.8. The van der Waals surface area contributed by atoms with Crippen molar-refractivity contribution < 1.29 is 24.2 Å². The molecule has 1 fully saturated rings. The number of hydrogen-bond acceptors (Lipinski definition) is 5. The minimum Gasteiger partial charge on any atom is -0.681 e. The van der Waals surface area contributed by atoms with E-state index >= 15 is 0 Å². The number of hydrogen-bond donors (Lipinski definition) is 1. The van der Waals surface area contributed by atoms with Gasteiger partial charge in [0, 0.05) is 6.42 Å². The molecule has 5 heterocycles. The third-order valence-electron chi connectivity index (χ3n) is 11.5. The number of nitrogens with zero attached hydrogens (tertiary/aromatic N) is 4. The number of allylic oxidation sites excluding steroid dienone is 4. The third kappa shape index (κ3) is 6.91. The van der Waals surface area contributed by atoms with Crippen LogP contribution in [0.1, 0.15) is 107 Å². The van der Waals surface area contributed by atoms with E-state index in [-0.39, 0.29) is 59.8 Å². The summed E-state index contributed by atoms with van der Waals surface area (Å²) in [6.45, 7) is 17.0. The maximum atomic E-state index is 13.5. The van der Waals surface area contributed by atoms with E-state index in [9.17, 15) is 14.7 Å². The molecule has 1 aliphatic carbocycles. The maximum absolute atomic E-state index is 13.5. The molecular formula is C41H50MgN4O5-2. The van der Waals surface area contributed by atoms with Crippen LogP contribution in [0.5, 0.6) is 0 Å². The van der Waals surface area contributed by atoms with Crippen LogP contribution in [0.4, 0.5) is 0 Å². The number of methoxy groups -OCH3 is 1. The smallest absolute Gasteiger partial charge is 0.681 e. The van der Waals surface area contributed by atoms with Gasteiger partial charge in [-0.15, -0.1) is 27.8 Å². The second-order valence-electron chi connectivity index (χ2n) is 14.2. The number of esters is 2. The Kier molecular flexibility index (Phi) is 11.9. The van der Waals surface area contributed by atoms with E-state index in [1.54, 1.807) is 0 Å². The summed E-state index contributed by atoms with van der Waals surface area (Å²) in [6, 6.07) is -0.516. The van der Waals surface area contributed by atoms with Gasteiger partial charge >= 0.3 is 35.0 Å². The van der Waals surface area contributed by atoms with Crippen LogP contribution in [-0.2, 0) is 25.5 Å². The van der Waals surface area contributed by atoms with Crippen LogP contribution in [0.25, 0.3) is 28.4 Å². The van der Waals surface area contributed by atoms with Crippen molar-refractivity contribution in [3.05, 3.63) is 95.4 Å². The van der Waals surface area contributed by atoms with Crippen molar-refractivity contribution in [3.8, 4) is 0 Å². The Morgan fingerprint density at radius 3 is 2.41 bits per heavy atom. The molecule has 10 heteroatoms. The zero-order valence-corrected chi connectivity index (χ0v) is 33.0. The van der Waals surface area contributed by atoms with Crippen molar-refractivity contribution in [2.24, 2.45) is 23.7 Å². The SMILES string of the molecule is CC/C(C)=C/COC(=O)CC[C@@H]1C2[N-]/C(=C\C3=C(C)[C@@H](CC)/C(=C/c4[n-]c(c(CC)c4C)/C=c4\[n-]c5c(c4C)[C@H](O)[C@H](C(=O)OC)C=52)[N-]3)[C@H]1C.[Mg+2]. The second-order valence-corrected chi connectivity index (χ2v) is 14.2. The van der Waals surface area contributed by atoms with Crippen molar-refractivity contribution >= 4 is 52.7 Å². The van der Waals surface area contributed by atoms with Crippen molar-refractivity contribution in [1.82, 2.24) is 9.97 Å². The van der Waals surface area contributed by atoms with E-state index in [2.05, 4.69) is 53.7 Å². The van der Waals surface area contributed by atoms with Crippen LogP contribution < -0.4 is 20.7 Å². The van der Waals surface area contributed by atoms with Crippen LogP contribution in [0.2, 0.25) is 0 Å². The summed E-state index contributed by atoms with van der Waals surface area (Å²) in [6.07, 6.45) is 10.3. The summed E-state index contributed by atoms with van der Waals surface area (Å²) in [4.78, 5) is 36.7. The maximum Gasteiger partial charge on any atom is 2.00 e. The summed E-state index contributed by atoms with van der Waals surface area (Å²) in [7, 11) is 1.34. The molecule has 3 aliphatic heterocycles. The van der Waals surface area contributed by atoms with Gasteiger partial charge in [0.05, 0.1) is 13.2 Å². The molecule has 0 spiro atoms. The van der Waals surface area contributed by atoms with Crippen LogP contribution in [-0.4, -0.2) is 59.9 Å². The quantitative estimate of drug-likeness (QED) is 0.198. The molecule has 268 valence electrons. The number of carbonyl (C=O) groups excluding carboxylic acids is 2. The molecule has 8 bridgehead atoms. The first kappa shape index (κ1) is 38.8. The fraction of sp³-hybridized carbons (Fsp3) is 0.512. The number of aromatic nitrogens is 2. The topological polar surface area (TPSA) is 129 Å². The van der Waals surface area contributed by atoms with Gasteiger partial charge in [-0.2, -0.15) is 11.4 Å². The Balaban J connectivity index is 0.00000504. The molecule has 0 amide bonds.